The Morgan fingerprint density at radius 3 is 2.45 bits per heavy atom. The Hall–Kier alpha value is -2.45. The van der Waals surface area contributed by atoms with E-state index in [1.165, 1.54) is 44.2 Å². The summed E-state index contributed by atoms with van der Waals surface area (Å²) in [6.45, 7) is 4.92. The van der Waals surface area contributed by atoms with E-state index in [9.17, 15) is 4.39 Å². The molecule has 5 rings (SSSR count). The molecular formula is C23H29FN6S. The van der Waals surface area contributed by atoms with Crippen molar-refractivity contribution < 1.29 is 4.39 Å². The van der Waals surface area contributed by atoms with Crippen molar-refractivity contribution in [1.82, 2.24) is 19.7 Å². The zero-order valence-corrected chi connectivity index (χ0v) is 18.5. The van der Waals surface area contributed by atoms with Gasteiger partial charge in [0.2, 0.25) is 10.3 Å². The minimum atomic E-state index is -0.227. The van der Waals surface area contributed by atoms with E-state index in [2.05, 4.69) is 35.9 Å². The third-order valence-corrected chi connectivity index (χ3v) is 7.42. The standard InChI is InChI=1S/C23H29FN6S/c24-18-8-10-19(11-9-18)25-17-21-7-4-12-30(21)23-27-26-22(31-23)29-15-13-28(14-16-29)20-5-2-1-3-6-20/h4,7-12,20,25H,1-3,5-6,13-17H2. The SMILES string of the molecule is Fc1ccc(NCc2cccn2-c2nnc(N3CCN(C4CCCCC4)CC3)s2)cc1. The predicted molar refractivity (Wildman–Crippen MR) is 124 cm³/mol. The predicted octanol–water partition coefficient (Wildman–Crippen LogP) is 4.53. The smallest absolute Gasteiger partial charge is 0.218 e. The van der Waals surface area contributed by atoms with Gasteiger partial charge in [-0.3, -0.25) is 9.47 Å². The number of aromatic nitrogens is 3. The topological polar surface area (TPSA) is 49.2 Å². The molecule has 2 aromatic heterocycles. The molecule has 8 heteroatoms. The highest BCUT2D eigenvalue weighted by atomic mass is 32.1. The fourth-order valence-corrected chi connectivity index (χ4v) is 5.58. The van der Waals surface area contributed by atoms with Gasteiger partial charge < -0.3 is 10.2 Å². The summed E-state index contributed by atoms with van der Waals surface area (Å²) in [4.78, 5) is 5.06. The number of piperazine rings is 1. The third-order valence-electron chi connectivity index (χ3n) is 6.44. The van der Waals surface area contributed by atoms with Crippen LogP contribution in [0.4, 0.5) is 15.2 Å². The maximum Gasteiger partial charge on any atom is 0.218 e. The van der Waals surface area contributed by atoms with E-state index < -0.39 is 0 Å². The van der Waals surface area contributed by atoms with Gasteiger partial charge in [-0.1, -0.05) is 30.6 Å². The van der Waals surface area contributed by atoms with E-state index >= 15 is 0 Å². The first kappa shape index (κ1) is 20.5. The second-order valence-electron chi connectivity index (χ2n) is 8.41. The van der Waals surface area contributed by atoms with Crippen LogP contribution < -0.4 is 10.2 Å². The molecule has 31 heavy (non-hydrogen) atoms. The Morgan fingerprint density at radius 2 is 1.68 bits per heavy atom. The molecule has 0 bridgehead atoms. The first-order valence-corrected chi connectivity index (χ1v) is 12.1. The van der Waals surface area contributed by atoms with Crippen LogP contribution in [0.25, 0.3) is 5.13 Å². The number of hydrogen-bond acceptors (Lipinski definition) is 6. The van der Waals surface area contributed by atoms with Crippen LogP contribution in [0.5, 0.6) is 0 Å². The van der Waals surface area contributed by atoms with Crippen LogP contribution in [-0.4, -0.2) is 51.9 Å². The molecule has 2 fully saturated rings. The molecule has 1 saturated carbocycles. The lowest BCUT2D eigenvalue weighted by Gasteiger charge is -2.40. The summed E-state index contributed by atoms with van der Waals surface area (Å²) in [6, 6.07) is 11.3. The number of nitrogens with one attached hydrogen (secondary N) is 1. The van der Waals surface area contributed by atoms with Gasteiger partial charge in [0.15, 0.2) is 0 Å². The Bertz CT molecular complexity index is 970. The monoisotopic (exact) mass is 440 g/mol. The van der Waals surface area contributed by atoms with Gasteiger partial charge in [-0.05, 0) is 49.2 Å². The summed E-state index contributed by atoms with van der Waals surface area (Å²) < 4.78 is 15.2. The molecule has 1 saturated heterocycles. The number of hydrogen-bond donors (Lipinski definition) is 1. The number of rotatable bonds is 6. The van der Waals surface area contributed by atoms with Crippen LogP contribution in [0, 0.1) is 5.82 Å². The Kier molecular flexibility index (Phi) is 6.18. The van der Waals surface area contributed by atoms with E-state index in [1.54, 1.807) is 23.5 Å². The molecule has 1 aliphatic carbocycles. The van der Waals surface area contributed by atoms with Gasteiger partial charge in [-0.25, -0.2) is 4.39 Å². The Balaban J connectivity index is 1.20. The first-order chi connectivity index (χ1) is 15.3. The Labute approximate surface area is 186 Å². The van der Waals surface area contributed by atoms with Crippen LogP contribution >= 0.6 is 11.3 Å². The number of anilines is 2. The zero-order valence-electron chi connectivity index (χ0n) is 17.7. The van der Waals surface area contributed by atoms with Crippen molar-refractivity contribution in [2.24, 2.45) is 0 Å². The average Bonchev–Trinajstić information content (AvgIpc) is 3.49. The normalized spacial score (nSPS) is 18.4. The molecule has 0 spiro atoms. The van der Waals surface area contributed by atoms with Crippen LogP contribution in [0.2, 0.25) is 0 Å². The maximum absolute atomic E-state index is 13.1. The highest BCUT2D eigenvalue weighted by molar-refractivity contribution is 7.17. The lowest BCUT2D eigenvalue weighted by molar-refractivity contribution is 0.148. The molecular weight excluding hydrogens is 411 g/mol. The minimum Gasteiger partial charge on any atom is -0.379 e. The quantitative estimate of drug-likeness (QED) is 0.610. The number of nitrogens with zero attached hydrogens (tertiary/aromatic N) is 5. The molecule has 1 aromatic carbocycles. The summed E-state index contributed by atoms with van der Waals surface area (Å²) in [6.07, 6.45) is 8.94. The lowest BCUT2D eigenvalue weighted by atomic mass is 9.94. The van der Waals surface area contributed by atoms with Crippen molar-refractivity contribution in [2.75, 3.05) is 36.4 Å². The molecule has 0 unspecified atom stereocenters. The van der Waals surface area contributed by atoms with Gasteiger partial charge >= 0.3 is 0 Å². The molecule has 2 aliphatic rings. The molecule has 0 radical (unpaired) electrons. The second-order valence-corrected chi connectivity index (χ2v) is 9.35. The summed E-state index contributed by atoms with van der Waals surface area (Å²) in [7, 11) is 0. The maximum atomic E-state index is 13.1. The van der Waals surface area contributed by atoms with Crippen molar-refractivity contribution in [3.05, 3.63) is 54.1 Å². The van der Waals surface area contributed by atoms with Crippen LogP contribution in [0.1, 0.15) is 37.8 Å². The molecule has 1 N–H and O–H groups in total. The molecule has 6 nitrogen and oxygen atoms in total. The number of benzene rings is 1. The largest absolute Gasteiger partial charge is 0.379 e. The molecule has 164 valence electrons. The van der Waals surface area contributed by atoms with Crippen molar-refractivity contribution in [3.63, 3.8) is 0 Å². The summed E-state index contributed by atoms with van der Waals surface area (Å²) in [5, 5.41) is 14.2. The minimum absolute atomic E-state index is 0.227. The van der Waals surface area contributed by atoms with E-state index in [0.29, 0.717) is 6.54 Å². The van der Waals surface area contributed by atoms with Crippen LogP contribution in [-0.2, 0) is 6.54 Å². The second kappa shape index (κ2) is 9.36. The zero-order chi connectivity index (χ0) is 21.0. The van der Waals surface area contributed by atoms with E-state index in [0.717, 1.165) is 53.9 Å². The molecule has 0 atom stereocenters. The fraction of sp³-hybridized carbons (Fsp3) is 0.478. The number of halogens is 1. The fourth-order valence-electron chi connectivity index (χ4n) is 4.66. The van der Waals surface area contributed by atoms with Gasteiger partial charge in [0.25, 0.3) is 0 Å². The van der Waals surface area contributed by atoms with E-state index in [-0.39, 0.29) is 5.82 Å². The van der Waals surface area contributed by atoms with Crippen molar-refractivity contribution >= 4 is 22.2 Å². The third kappa shape index (κ3) is 4.75. The van der Waals surface area contributed by atoms with Gasteiger partial charge in [0, 0.05) is 49.8 Å². The van der Waals surface area contributed by atoms with Crippen molar-refractivity contribution in [3.8, 4) is 5.13 Å². The first-order valence-electron chi connectivity index (χ1n) is 11.2. The van der Waals surface area contributed by atoms with Crippen LogP contribution in [0.15, 0.2) is 42.6 Å². The van der Waals surface area contributed by atoms with Gasteiger partial charge in [-0.15, -0.1) is 10.2 Å². The Morgan fingerprint density at radius 1 is 0.935 bits per heavy atom. The molecule has 0 amide bonds. The molecule has 1 aliphatic heterocycles. The highest BCUT2D eigenvalue weighted by Crippen LogP contribution is 2.28. The highest BCUT2D eigenvalue weighted by Gasteiger charge is 2.26. The van der Waals surface area contributed by atoms with Gasteiger partial charge in [0.05, 0.1) is 6.54 Å². The van der Waals surface area contributed by atoms with Crippen LogP contribution in [0.3, 0.4) is 0 Å². The van der Waals surface area contributed by atoms with E-state index in [1.807, 2.05) is 12.3 Å². The lowest BCUT2D eigenvalue weighted by Crippen LogP contribution is -2.50. The van der Waals surface area contributed by atoms with Crippen molar-refractivity contribution in [2.45, 2.75) is 44.7 Å². The van der Waals surface area contributed by atoms with Gasteiger partial charge in [0.1, 0.15) is 5.82 Å². The van der Waals surface area contributed by atoms with Gasteiger partial charge in [-0.2, -0.15) is 0 Å². The molecule has 3 heterocycles. The van der Waals surface area contributed by atoms with E-state index in [4.69, 9.17) is 0 Å². The van der Waals surface area contributed by atoms with Crippen molar-refractivity contribution in [1.29, 1.82) is 0 Å². The summed E-state index contributed by atoms with van der Waals surface area (Å²) in [5.74, 6) is -0.227. The average molecular weight is 441 g/mol. The molecule has 3 aromatic rings. The summed E-state index contributed by atoms with van der Waals surface area (Å²) >= 11 is 1.64. The summed E-state index contributed by atoms with van der Waals surface area (Å²) in [5.41, 5.74) is 1.98.